The van der Waals surface area contributed by atoms with Gasteiger partial charge in [0, 0.05) is 10.6 Å². The topological polar surface area (TPSA) is 78.4 Å². The van der Waals surface area contributed by atoms with Gasteiger partial charge in [-0.2, -0.15) is 0 Å². The molecule has 3 N–H and O–H groups in total. The number of amides is 2. The summed E-state index contributed by atoms with van der Waals surface area (Å²) in [5.41, 5.74) is 1.68. The van der Waals surface area contributed by atoms with Gasteiger partial charge in [-0.15, -0.1) is 11.3 Å². The third-order valence-electron chi connectivity index (χ3n) is 3.00. The number of carbonyl (C=O) groups excluding carboxylic acids is 1. The molecule has 21 heavy (non-hydrogen) atoms. The number of rotatable bonds is 5. The maximum Gasteiger partial charge on any atom is 0.331 e. The van der Waals surface area contributed by atoms with Crippen molar-refractivity contribution < 1.29 is 14.7 Å². The summed E-state index contributed by atoms with van der Waals surface area (Å²) >= 11 is 1.29. The van der Waals surface area contributed by atoms with E-state index in [1.165, 1.54) is 11.3 Å². The fourth-order valence-electron chi connectivity index (χ4n) is 1.95. The summed E-state index contributed by atoms with van der Waals surface area (Å²) in [7, 11) is 0. The molecule has 2 rings (SSSR count). The molecule has 1 heterocycles. The number of hydrogen-bond donors (Lipinski definition) is 3. The van der Waals surface area contributed by atoms with Crippen molar-refractivity contribution in [2.45, 2.75) is 19.4 Å². The first kappa shape index (κ1) is 15.1. The molecule has 5 nitrogen and oxygen atoms in total. The number of carboxylic acid groups (broad SMARTS) is 1. The Morgan fingerprint density at radius 2 is 2.00 bits per heavy atom. The van der Waals surface area contributed by atoms with Crippen LogP contribution in [0.5, 0.6) is 0 Å². The molecule has 6 heteroatoms. The Morgan fingerprint density at radius 1 is 1.24 bits per heavy atom. The zero-order valence-corrected chi connectivity index (χ0v) is 12.3. The summed E-state index contributed by atoms with van der Waals surface area (Å²) in [5.74, 6) is -1.09. The molecular weight excluding hydrogens is 288 g/mol. The smallest absolute Gasteiger partial charge is 0.331 e. The number of nitrogens with one attached hydrogen (secondary N) is 2. The second-order valence-electron chi connectivity index (χ2n) is 4.40. The van der Waals surface area contributed by atoms with Gasteiger partial charge >= 0.3 is 12.0 Å². The molecule has 2 amide bonds. The van der Waals surface area contributed by atoms with Crippen LogP contribution in [0, 0.1) is 0 Å². The number of benzene rings is 1. The minimum atomic E-state index is -1.09. The summed E-state index contributed by atoms with van der Waals surface area (Å²) in [6.45, 7) is 1.99. The first-order valence-electron chi connectivity index (χ1n) is 6.53. The van der Waals surface area contributed by atoms with Crippen LogP contribution in [0.3, 0.4) is 0 Å². The quantitative estimate of drug-likeness (QED) is 0.793. The maximum atomic E-state index is 12.0. The Kier molecular flexibility index (Phi) is 4.94. The molecule has 0 aliphatic rings. The van der Waals surface area contributed by atoms with Crippen molar-refractivity contribution in [3.63, 3.8) is 0 Å². The molecule has 1 atom stereocenters. The monoisotopic (exact) mass is 304 g/mol. The summed E-state index contributed by atoms with van der Waals surface area (Å²) in [6.07, 6.45) is 0.781. The molecule has 0 spiro atoms. The van der Waals surface area contributed by atoms with E-state index in [0.717, 1.165) is 12.0 Å². The Balaban J connectivity index is 2.08. The van der Waals surface area contributed by atoms with Crippen LogP contribution in [-0.4, -0.2) is 17.1 Å². The highest BCUT2D eigenvalue weighted by molar-refractivity contribution is 7.10. The number of para-hydroxylation sites is 1. The van der Waals surface area contributed by atoms with Gasteiger partial charge in [-0.3, -0.25) is 0 Å². The molecule has 0 radical (unpaired) electrons. The van der Waals surface area contributed by atoms with Gasteiger partial charge in [0.25, 0.3) is 0 Å². The predicted molar refractivity (Wildman–Crippen MR) is 82.7 cm³/mol. The fourth-order valence-corrected chi connectivity index (χ4v) is 2.72. The van der Waals surface area contributed by atoms with Gasteiger partial charge in [0.2, 0.25) is 0 Å². The van der Waals surface area contributed by atoms with E-state index in [1.54, 1.807) is 23.6 Å². The fraction of sp³-hybridized carbons (Fsp3) is 0.200. The lowest BCUT2D eigenvalue weighted by molar-refractivity contribution is -0.139. The summed E-state index contributed by atoms with van der Waals surface area (Å²) in [6, 6.07) is 9.29. The van der Waals surface area contributed by atoms with Gasteiger partial charge in [0.05, 0.1) is 0 Å². The molecule has 0 aliphatic carbocycles. The normalized spacial score (nSPS) is 11.7. The number of aliphatic carboxylic acids is 1. The molecule has 1 aromatic heterocycles. The number of carboxylic acids is 1. The zero-order valence-electron chi connectivity index (χ0n) is 11.5. The Labute approximate surface area is 126 Å². The third-order valence-corrected chi connectivity index (χ3v) is 3.93. The van der Waals surface area contributed by atoms with Crippen LogP contribution < -0.4 is 10.6 Å². The molecular formula is C15H16N2O3S. The van der Waals surface area contributed by atoms with Gasteiger partial charge in [-0.1, -0.05) is 31.2 Å². The van der Waals surface area contributed by atoms with E-state index < -0.39 is 18.0 Å². The number of thiophene rings is 1. The average molecular weight is 304 g/mol. The minimum absolute atomic E-state index is 0.531. The predicted octanol–water partition coefficient (Wildman–Crippen LogP) is 3.26. The van der Waals surface area contributed by atoms with Gasteiger partial charge in [-0.05, 0) is 29.5 Å². The molecule has 1 aromatic carbocycles. The highest BCUT2D eigenvalue weighted by Crippen LogP contribution is 2.20. The Bertz CT molecular complexity index is 626. The lowest BCUT2D eigenvalue weighted by Crippen LogP contribution is -2.36. The van der Waals surface area contributed by atoms with Crippen molar-refractivity contribution in [1.82, 2.24) is 5.32 Å². The van der Waals surface area contributed by atoms with Crippen LogP contribution in [-0.2, 0) is 11.2 Å². The van der Waals surface area contributed by atoms with Crippen LogP contribution in [0.25, 0.3) is 0 Å². The zero-order chi connectivity index (χ0) is 15.2. The van der Waals surface area contributed by atoms with Gasteiger partial charge in [0.15, 0.2) is 6.04 Å². The summed E-state index contributed by atoms with van der Waals surface area (Å²) < 4.78 is 0. The SMILES string of the molecule is CCc1ccccc1NC(=O)NC(C(=O)O)c1cccs1. The van der Waals surface area contributed by atoms with Gasteiger partial charge in [-0.25, -0.2) is 9.59 Å². The summed E-state index contributed by atoms with van der Waals surface area (Å²) in [4.78, 5) is 23.9. The Hall–Kier alpha value is -2.34. The van der Waals surface area contributed by atoms with Crippen molar-refractivity contribution in [1.29, 1.82) is 0 Å². The second-order valence-corrected chi connectivity index (χ2v) is 5.38. The van der Waals surface area contributed by atoms with Crippen LogP contribution >= 0.6 is 11.3 Å². The molecule has 2 aromatic rings. The molecule has 0 saturated carbocycles. The second kappa shape index (κ2) is 6.90. The van der Waals surface area contributed by atoms with Crippen LogP contribution in [0.4, 0.5) is 10.5 Å². The van der Waals surface area contributed by atoms with Gasteiger partial charge < -0.3 is 15.7 Å². The van der Waals surface area contributed by atoms with Crippen LogP contribution in [0.15, 0.2) is 41.8 Å². The van der Waals surface area contributed by atoms with E-state index in [9.17, 15) is 14.7 Å². The Morgan fingerprint density at radius 3 is 2.62 bits per heavy atom. The van der Waals surface area contributed by atoms with Crippen molar-refractivity contribution in [2.75, 3.05) is 5.32 Å². The first-order chi connectivity index (χ1) is 10.1. The number of aryl methyl sites for hydroxylation is 1. The van der Waals surface area contributed by atoms with Crippen molar-refractivity contribution in [3.8, 4) is 0 Å². The molecule has 0 saturated heterocycles. The molecule has 1 unspecified atom stereocenters. The van der Waals surface area contributed by atoms with Crippen LogP contribution in [0.1, 0.15) is 23.4 Å². The van der Waals surface area contributed by atoms with Gasteiger partial charge in [0.1, 0.15) is 0 Å². The molecule has 0 fully saturated rings. The number of carbonyl (C=O) groups is 2. The maximum absolute atomic E-state index is 12.0. The number of hydrogen-bond acceptors (Lipinski definition) is 3. The average Bonchev–Trinajstić information content (AvgIpc) is 2.99. The third kappa shape index (κ3) is 3.82. The van der Waals surface area contributed by atoms with E-state index in [4.69, 9.17) is 0 Å². The standard InChI is InChI=1S/C15H16N2O3S/c1-2-10-6-3-4-7-11(10)16-15(20)17-13(14(18)19)12-8-5-9-21-12/h3-9,13H,2H2,1H3,(H,18,19)(H2,16,17,20). The van der Waals surface area contributed by atoms with Crippen molar-refractivity contribution in [2.24, 2.45) is 0 Å². The van der Waals surface area contributed by atoms with E-state index >= 15 is 0 Å². The van der Waals surface area contributed by atoms with E-state index in [0.29, 0.717) is 10.6 Å². The van der Waals surface area contributed by atoms with E-state index in [-0.39, 0.29) is 0 Å². The minimum Gasteiger partial charge on any atom is -0.479 e. The number of anilines is 1. The lowest BCUT2D eigenvalue weighted by atomic mass is 10.1. The molecule has 110 valence electrons. The molecule has 0 aliphatic heterocycles. The first-order valence-corrected chi connectivity index (χ1v) is 7.41. The number of urea groups is 1. The highest BCUT2D eigenvalue weighted by atomic mass is 32.1. The van der Waals surface area contributed by atoms with Crippen molar-refractivity contribution in [3.05, 3.63) is 52.2 Å². The largest absolute Gasteiger partial charge is 0.479 e. The van der Waals surface area contributed by atoms with Crippen LogP contribution in [0.2, 0.25) is 0 Å². The lowest BCUT2D eigenvalue weighted by Gasteiger charge is -2.15. The van der Waals surface area contributed by atoms with E-state index in [1.807, 2.05) is 25.1 Å². The summed E-state index contributed by atoms with van der Waals surface area (Å²) in [5, 5.41) is 16.2. The van der Waals surface area contributed by atoms with Crippen molar-refractivity contribution >= 4 is 29.0 Å². The highest BCUT2D eigenvalue weighted by Gasteiger charge is 2.23. The molecule has 0 bridgehead atoms. The van der Waals surface area contributed by atoms with E-state index in [2.05, 4.69) is 10.6 Å².